The highest BCUT2D eigenvalue weighted by atomic mass is 16.3. The lowest BCUT2D eigenvalue weighted by atomic mass is 9.91. The predicted molar refractivity (Wildman–Crippen MR) is 121 cm³/mol. The average molecular weight is 399 g/mol. The van der Waals surface area contributed by atoms with Gasteiger partial charge in [0.05, 0.1) is 6.21 Å². The van der Waals surface area contributed by atoms with E-state index in [1.807, 2.05) is 60.7 Å². The van der Waals surface area contributed by atoms with Crippen molar-refractivity contribution in [3.05, 3.63) is 89.5 Å². The van der Waals surface area contributed by atoms with Crippen LogP contribution in [0.5, 0.6) is 0 Å². The van der Waals surface area contributed by atoms with Crippen molar-refractivity contribution in [2.24, 2.45) is 5.10 Å². The highest BCUT2D eigenvalue weighted by Gasteiger charge is 2.47. The number of nitrogens with zero attached hydrogens (tertiary/aromatic N) is 2. The minimum Gasteiger partial charge on any atom is -0.372 e. The Morgan fingerprint density at radius 3 is 2.00 bits per heavy atom. The molecule has 0 spiro atoms. The monoisotopic (exact) mass is 399 g/mol. The molecule has 0 heterocycles. The van der Waals surface area contributed by atoms with Crippen LogP contribution in [-0.2, 0) is 10.4 Å². The molecule has 3 aromatic rings. The van der Waals surface area contributed by atoms with E-state index in [1.165, 1.54) is 0 Å². The molecule has 0 aromatic heterocycles. The Bertz CT molecular complexity index is 1040. The summed E-state index contributed by atoms with van der Waals surface area (Å²) in [5.41, 5.74) is 5.64. The lowest BCUT2D eigenvalue weighted by Crippen LogP contribution is -2.42. The number of nitrogens with one attached hydrogen (secondary N) is 1. The van der Waals surface area contributed by atoms with Gasteiger partial charge in [-0.1, -0.05) is 60.7 Å². The van der Waals surface area contributed by atoms with Gasteiger partial charge in [0.1, 0.15) is 0 Å². The van der Waals surface area contributed by atoms with Gasteiger partial charge in [-0.2, -0.15) is 5.10 Å². The topological polar surface area (TPSA) is 64.9 Å². The summed E-state index contributed by atoms with van der Waals surface area (Å²) in [4.78, 5) is 15.3. The Hall–Kier alpha value is -3.44. The quantitative estimate of drug-likeness (QED) is 0.488. The maximum atomic E-state index is 13.0. The van der Waals surface area contributed by atoms with E-state index in [2.05, 4.69) is 29.3 Å². The number of carbonyl (C=O) groups is 1. The molecule has 1 amide bonds. The lowest BCUT2D eigenvalue weighted by Gasteiger charge is -2.23. The van der Waals surface area contributed by atoms with Gasteiger partial charge in [-0.15, -0.1) is 0 Å². The Morgan fingerprint density at radius 2 is 1.47 bits per heavy atom. The predicted octanol–water partition coefficient (Wildman–Crippen LogP) is 3.90. The van der Waals surface area contributed by atoms with Gasteiger partial charge in [-0.3, -0.25) is 4.79 Å². The number of benzene rings is 3. The molecule has 5 nitrogen and oxygen atoms in total. The van der Waals surface area contributed by atoms with Crippen molar-refractivity contribution in [1.82, 2.24) is 5.43 Å². The molecule has 30 heavy (non-hydrogen) atoms. The first-order valence-corrected chi connectivity index (χ1v) is 10.2. The van der Waals surface area contributed by atoms with E-state index in [9.17, 15) is 9.90 Å². The summed E-state index contributed by atoms with van der Waals surface area (Å²) in [6.45, 7) is 6.14. The molecule has 0 aliphatic heterocycles. The maximum absolute atomic E-state index is 13.0. The van der Waals surface area contributed by atoms with Gasteiger partial charge >= 0.3 is 0 Å². The van der Waals surface area contributed by atoms with Crippen LogP contribution in [0.15, 0.2) is 77.9 Å². The van der Waals surface area contributed by atoms with Gasteiger partial charge in [0.25, 0.3) is 5.91 Å². The SMILES string of the molecule is CCN(CC)c1ccc(/C=N/NC(=O)C2(O)c3ccccc3-c3ccccc32)cc1. The summed E-state index contributed by atoms with van der Waals surface area (Å²) in [6.07, 6.45) is 1.58. The minimum absolute atomic E-state index is 0.572. The van der Waals surface area contributed by atoms with E-state index >= 15 is 0 Å². The molecule has 2 N–H and O–H groups in total. The molecule has 1 aliphatic rings. The van der Waals surface area contributed by atoms with Crippen LogP contribution in [0.3, 0.4) is 0 Å². The Kier molecular flexibility index (Phi) is 5.38. The van der Waals surface area contributed by atoms with Gasteiger partial charge in [0, 0.05) is 29.9 Å². The second-order valence-corrected chi connectivity index (χ2v) is 7.26. The number of fused-ring (bicyclic) bond motifs is 3. The number of hydrogen-bond acceptors (Lipinski definition) is 4. The fourth-order valence-corrected chi connectivity index (χ4v) is 4.06. The summed E-state index contributed by atoms with van der Waals surface area (Å²) in [5, 5.41) is 15.5. The molecule has 0 unspecified atom stereocenters. The van der Waals surface area contributed by atoms with Gasteiger partial charge in [-0.25, -0.2) is 5.43 Å². The zero-order valence-electron chi connectivity index (χ0n) is 17.2. The number of rotatable bonds is 6. The zero-order chi connectivity index (χ0) is 21.1. The van der Waals surface area contributed by atoms with Gasteiger partial charge in [0.2, 0.25) is 0 Å². The van der Waals surface area contributed by atoms with Gasteiger partial charge in [0.15, 0.2) is 5.60 Å². The van der Waals surface area contributed by atoms with Crippen LogP contribution >= 0.6 is 0 Å². The standard InChI is InChI=1S/C25H25N3O2/c1-3-28(4-2)19-15-13-18(14-16-19)17-26-27-24(29)25(30)22-11-7-5-9-20(22)21-10-6-8-12-23(21)25/h5-17,30H,3-4H2,1-2H3,(H,27,29)/b26-17+. The molecule has 0 radical (unpaired) electrons. The van der Waals surface area contributed by atoms with Crippen molar-refractivity contribution in [2.75, 3.05) is 18.0 Å². The second kappa shape index (κ2) is 8.13. The highest BCUT2D eigenvalue weighted by molar-refractivity contribution is 5.99. The number of anilines is 1. The van der Waals surface area contributed by atoms with E-state index in [4.69, 9.17) is 0 Å². The first-order valence-electron chi connectivity index (χ1n) is 10.2. The van der Waals surface area contributed by atoms with Crippen molar-refractivity contribution in [2.45, 2.75) is 19.4 Å². The van der Waals surface area contributed by atoms with Crippen LogP contribution in [0.1, 0.15) is 30.5 Å². The third kappa shape index (κ3) is 3.27. The van der Waals surface area contributed by atoms with Gasteiger partial charge in [-0.05, 0) is 42.7 Å². The summed E-state index contributed by atoms with van der Waals surface area (Å²) in [6, 6.07) is 22.8. The molecule has 0 fully saturated rings. The molecule has 152 valence electrons. The molecule has 0 saturated heterocycles. The van der Waals surface area contributed by atoms with Crippen molar-refractivity contribution in [1.29, 1.82) is 0 Å². The number of amides is 1. The van der Waals surface area contributed by atoms with Crippen molar-refractivity contribution < 1.29 is 9.90 Å². The Balaban J connectivity index is 1.54. The fraction of sp³-hybridized carbons (Fsp3) is 0.200. The van der Waals surface area contributed by atoms with Crippen LogP contribution in [0.2, 0.25) is 0 Å². The zero-order valence-corrected chi connectivity index (χ0v) is 17.2. The first-order chi connectivity index (χ1) is 14.6. The Labute approximate surface area is 176 Å². The largest absolute Gasteiger partial charge is 0.372 e. The maximum Gasteiger partial charge on any atom is 0.281 e. The summed E-state index contributed by atoms with van der Waals surface area (Å²) >= 11 is 0. The molecule has 0 bridgehead atoms. The third-order valence-corrected chi connectivity index (χ3v) is 5.65. The summed E-state index contributed by atoms with van der Waals surface area (Å²) in [7, 11) is 0. The van der Waals surface area contributed by atoms with E-state index in [-0.39, 0.29) is 0 Å². The van der Waals surface area contributed by atoms with Crippen molar-refractivity contribution in [3.8, 4) is 11.1 Å². The number of hydrazone groups is 1. The molecule has 5 heteroatoms. The van der Waals surface area contributed by atoms with Crippen LogP contribution in [0.4, 0.5) is 5.69 Å². The molecule has 3 aromatic carbocycles. The first kappa shape index (κ1) is 19.9. The molecule has 1 aliphatic carbocycles. The van der Waals surface area contributed by atoms with E-state index in [1.54, 1.807) is 18.3 Å². The molecular weight excluding hydrogens is 374 g/mol. The van der Waals surface area contributed by atoms with Crippen molar-refractivity contribution >= 4 is 17.8 Å². The smallest absolute Gasteiger partial charge is 0.281 e. The fourth-order valence-electron chi connectivity index (χ4n) is 4.06. The summed E-state index contributed by atoms with van der Waals surface area (Å²) in [5.74, 6) is -0.573. The number of carbonyl (C=O) groups excluding carboxylic acids is 1. The second-order valence-electron chi connectivity index (χ2n) is 7.26. The van der Waals surface area contributed by atoms with Crippen LogP contribution in [0.25, 0.3) is 11.1 Å². The Morgan fingerprint density at radius 1 is 0.933 bits per heavy atom. The molecule has 0 saturated carbocycles. The van der Waals surface area contributed by atoms with Crippen molar-refractivity contribution in [3.63, 3.8) is 0 Å². The minimum atomic E-state index is -1.77. The third-order valence-electron chi connectivity index (χ3n) is 5.65. The average Bonchev–Trinajstić information content (AvgIpc) is 3.06. The van der Waals surface area contributed by atoms with E-state index in [0.717, 1.165) is 35.5 Å². The van der Waals surface area contributed by atoms with Crippen LogP contribution < -0.4 is 10.3 Å². The number of hydrogen-bond donors (Lipinski definition) is 2. The summed E-state index contributed by atoms with van der Waals surface area (Å²) < 4.78 is 0. The van der Waals surface area contributed by atoms with Crippen LogP contribution in [-0.4, -0.2) is 30.3 Å². The number of aliphatic hydroxyl groups is 1. The molecule has 4 rings (SSSR count). The lowest BCUT2D eigenvalue weighted by molar-refractivity contribution is -0.136. The van der Waals surface area contributed by atoms with Crippen LogP contribution in [0, 0.1) is 0 Å². The molecular formula is C25H25N3O2. The van der Waals surface area contributed by atoms with E-state index in [0.29, 0.717) is 11.1 Å². The normalized spacial score (nSPS) is 13.7. The van der Waals surface area contributed by atoms with Gasteiger partial charge < -0.3 is 10.0 Å². The molecule has 0 atom stereocenters. The van der Waals surface area contributed by atoms with E-state index < -0.39 is 11.5 Å². The highest BCUT2D eigenvalue weighted by Crippen LogP contribution is 2.47.